The lowest BCUT2D eigenvalue weighted by Gasteiger charge is -2.38. The predicted molar refractivity (Wildman–Crippen MR) is 144 cm³/mol. The fourth-order valence-electron chi connectivity index (χ4n) is 6.31. The Bertz CT molecular complexity index is 1740. The molecule has 2 fully saturated rings. The number of nitrogens with one attached hydrogen (secondary N) is 1. The molecule has 7 heterocycles. The summed E-state index contributed by atoms with van der Waals surface area (Å²) in [6.45, 7) is 1.50. The number of Topliss-reactive ketones (excluding diaryl/α,β-unsaturated/α-hetero) is 1. The van der Waals surface area contributed by atoms with E-state index >= 15 is 0 Å². The first-order valence-corrected chi connectivity index (χ1v) is 13.2. The molecule has 1 amide bonds. The highest BCUT2D eigenvalue weighted by molar-refractivity contribution is 6.00. The van der Waals surface area contributed by atoms with Crippen LogP contribution in [0.1, 0.15) is 65.2 Å². The zero-order valence-electron chi connectivity index (χ0n) is 22.0. The van der Waals surface area contributed by atoms with E-state index in [1.165, 1.54) is 17.8 Å². The minimum Gasteiger partial charge on any atom is -0.383 e. The summed E-state index contributed by atoms with van der Waals surface area (Å²) < 4.78 is 3.26. The summed E-state index contributed by atoms with van der Waals surface area (Å²) in [6, 6.07) is 5.82. The van der Waals surface area contributed by atoms with E-state index in [0.717, 1.165) is 35.4 Å². The normalized spacial score (nSPS) is 20.4. The highest BCUT2D eigenvalue weighted by Gasteiger charge is 2.45. The number of rotatable bonds is 5. The standard InChI is InChI=1S/C27H27N11O2/c1-14(39)22-23(16-9-17-4-5-18(10-16)37(17)27(40)25-30-13-31-34-25)33-26-19(12-32-38(26)24(22)28)15-3-6-20(29-11-15)21-7-8-36(2)35-21/h3,6-8,11-13,16-18H,4-5,9-10,28H2,1-2H3,(H,30,31,34)/t17-,18-/m1/s1. The summed E-state index contributed by atoms with van der Waals surface area (Å²) in [6.07, 6.45) is 9.83. The number of nitrogens with zero attached hydrogens (tertiary/aromatic N) is 9. The molecule has 13 nitrogen and oxygen atoms in total. The molecule has 2 bridgehead atoms. The minimum absolute atomic E-state index is 0.0214. The maximum absolute atomic E-state index is 13.1. The molecule has 0 spiro atoms. The number of ketones is 1. The van der Waals surface area contributed by atoms with E-state index in [2.05, 4.69) is 30.4 Å². The number of hydrogen-bond acceptors (Lipinski definition) is 9. The molecule has 0 radical (unpaired) electrons. The third-order valence-corrected chi connectivity index (χ3v) is 8.09. The maximum Gasteiger partial charge on any atom is 0.291 e. The average molecular weight is 538 g/mol. The van der Waals surface area contributed by atoms with Gasteiger partial charge in [0.15, 0.2) is 11.4 Å². The molecular weight excluding hydrogens is 510 g/mol. The van der Waals surface area contributed by atoms with Gasteiger partial charge in [-0.1, -0.05) is 6.07 Å². The summed E-state index contributed by atoms with van der Waals surface area (Å²) in [7, 11) is 1.86. The monoisotopic (exact) mass is 537 g/mol. The molecule has 0 unspecified atom stereocenters. The second-order valence-electron chi connectivity index (χ2n) is 10.5. The summed E-state index contributed by atoms with van der Waals surface area (Å²) in [5, 5.41) is 15.4. The van der Waals surface area contributed by atoms with E-state index in [-0.39, 0.29) is 41.3 Å². The Balaban J connectivity index is 1.26. The second kappa shape index (κ2) is 9.07. The summed E-state index contributed by atoms with van der Waals surface area (Å²) in [5.74, 6) is 0.181. The van der Waals surface area contributed by atoms with Crippen molar-refractivity contribution < 1.29 is 9.59 Å². The van der Waals surface area contributed by atoms with Crippen molar-refractivity contribution in [3.05, 3.63) is 60.2 Å². The van der Waals surface area contributed by atoms with Crippen LogP contribution in [0.2, 0.25) is 0 Å². The van der Waals surface area contributed by atoms with Gasteiger partial charge in [0.05, 0.1) is 23.1 Å². The number of H-pyrrole nitrogens is 1. The number of aromatic nitrogens is 9. The van der Waals surface area contributed by atoms with Gasteiger partial charge in [-0.05, 0) is 44.7 Å². The molecule has 3 N–H and O–H groups in total. The van der Waals surface area contributed by atoms with Crippen LogP contribution in [0, 0.1) is 0 Å². The Hall–Kier alpha value is -4.94. The Morgan fingerprint density at radius 1 is 1.05 bits per heavy atom. The molecule has 0 aromatic carbocycles. The number of pyridine rings is 1. The van der Waals surface area contributed by atoms with Crippen molar-refractivity contribution in [2.24, 2.45) is 7.05 Å². The SMILES string of the molecule is CC(=O)c1c(C2C[C@H]3CC[C@H](C2)N3C(=O)c2ncn[nH]2)nc2c(-c3ccc(-c4ccn(C)n4)nc3)cnn2c1N. The van der Waals surface area contributed by atoms with Crippen LogP contribution in [0.15, 0.2) is 43.1 Å². The lowest BCUT2D eigenvalue weighted by atomic mass is 9.85. The van der Waals surface area contributed by atoms with Crippen molar-refractivity contribution in [1.82, 2.24) is 49.4 Å². The van der Waals surface area contributed by atoms with E-state index in [0.29, 0.717) is 29.7 Å². The van der Waals surface area contributed by atoms with Gasteiger partial charge in [-0.2, -0.15) is 19.8 Å². The number of carbonyl (C=O) groups is 2. The van der Waals surface area contributed by atoms with Crippen LogP contribution in [0.25, 0.3) is 28.2 Å². The first-order chi connectivity index (χ1) is 19.4. The number of amides is 1. The summed E-state index contributed by atoms with van der Waals surface area (Å²) in [4.78, 5) is 41.6. The van der Waals surface area contributed by atoms with Crippen LogP contribution < -0.4 is 5.73 Å². The van der Waals surface area contributed by atoms with Crippen molar-refractivity contribution in [3.63, 3.8) is 0 Å². The largest absolute Gasteiger partial charge is 0.383 e. The number of fused-ring (bicyclic) bond motifs is 3. The van der Waals surface area contributed by atoms with Crippen molar-refractivity contribution in [1.29, 1.82) is 0 Å². The lowest BCUT2D eigenvalue weighted by Crippen LogP contribution is -2.46. The molecular formula is C27H27N11O2. The number of aromatic amines is 1. The zero-order chi connectivity index (χ0) is 27.5. The molecule has 40 heavy (non-hydrogen) atoms. The van der Waals surface area contributed by atoms with Crippen LogP contribution in [0.5, 0.6) is 0 Å². The van der Waals surface area contributed by atoms with E-state index in [4.69, 9.17) is 10.7 Å². The van der Waals surface area contributed by atoms with Crippen LogP contribution in [-0.4, -0.2) is 73.2 Å². The van der Waals surface area contributed by atoms with Crippen LogP contribution in [0.4, 0.5) is 5.82 Å². The van der Waals surface area contributed by atoms with Gasteiger partial charge in [0.1, 0.15) is 17.8 Å². The van der Waals surface area contributed by atoms with Gasteiger partial charge in [-0.3, -0.25) is 24.4 Å². The second-order valence-corrected chi connectivity index (χ2v) is 10.5. The first-order valence-electron chi connectivity index (χ1n) is 13.2. The smallest absolute Gasteiger partial charge is 0.291 e. The lowest BCUT2D eigenvalue weighted by molar-refractivity contribution is 0.0556. The number of piperidine rings is 1. The van der Waals surface area contributed by atoms with Gasteiger partial charge in [0, 0.05) is 48.6 Å². The Labute approximate surface area is 228 Å². The molecule has 2 aliphatic rings. The molecule has 2 saturated heterocycles. The topological polar surface area (TPSA) is 166 Å². The summed E-state index contributed by atoms with van der Waals surface area (Å²) >= 11 is 0. The number of hydrogen-bond donors (Lipinski definition) is 2. The Morgan fingerprint density at radius 2 is 1.85 bits per heavy atom. The third-order valence-electron chi connectivity index (χ3n) is 8.09. The van der Waals surface area contributed by atoms with Gasteiger partial charge >= 0.3 is 0 Å². The Kier molecular flexibility index (Phi) is 5.47. The molecule has 0 saturated carbocycles. The molecule has 2 atom stereocenters. The molecule has 5 aromatic rings. The van der Waals surface area contributed by atoms with Gasteiger partial charge in [0.2, 0.25) is 5.82 Å². The predicted octanol–water partition coefficient (Wildman–Crippen LogP) is 2.65. The van der Waals surface area contributed by atoms with Crippen molar-refractivity contribution in [3.8, 4) is 22.5 Å². The zero-order valence-corrected chi connectivity index (χ0v) is 22.0. The van der Waals surface area contributed by atoms with Crippen LogP contribution in [0.3, 0.4) is 0 Å². The Morgan fingerprint density at radius 3 is 2.48 bits per heavy atom. The number of nitrogens with two attached hydrogens (primary N) is 1. The molecule has 0 aliphatic carbocycles. The van der Waals surface area contributed by atoms with Gasteiger partial charge in [0.25, 0.3) is 5.91 Å². The minimum atomic E-state index is -0.159. The average Bonchev–Trinajstić information content (AvgIpc) is 3.75. The van der Waals surface area contributed by atoms with Crippen molar-refractivity contribution >= 4 is 23.2 Å². The summed E-state index contributed by atoms with van der Waals surface area (Å²) in [5.41, 5.74) is 11.3. The van der Waals surface area contributed by atoms with Gasteiger partial charge in [-0.25, -0.2) is 9.97 Å². The molecule has 202 valence electrons. The fourth-order valence-corrected chi connectivity index (χ4v) is 6.31. The number of anilines is 1. The van der Waals surface area contributed by atoms with Crippen molar-refractivity contribution in [2.75, 3.05) is 5.73 Å². The first kappa shape index (κ1) is 24.1. The molecule has 13 heteroatoms. The maximum atomic E-state index is 13.1. The molecule has 7 rings (SSSR count). The number of carbonyl (C=O) groups excluding carboxylic acids is 2. The number of nitrogen functional groups attached to an aromatic ring is 1. The fraction of sp³-hybridized carbons (Fsp3) is 0.333. The van der Waals surface area contributed by atoms with E-state index < -0.39 is 0 Å². The highest BCUT2D eigenvalue weighted by Crippen LogP contribution is 2.45. The number of aryl methyl sites for hydroxylation is 1. The highest BCUT2D eigenvalue weighted by atomic mass is 16.2. The third kappa shape index (κ3) is 3.76. The molecule has 2 aliphatic heterocycles. The van der Waals surface area contributed by atoms with Gasteiger partial charge in [-0.15, -0.1) is 0 Å². The van der Waals surface area contributed by atoms with E-state index in [1.807, 2.05) is 36.3 Å². The quantitative estimate of drug-likeness (QED) is 0.320. The van der Waals surface area contributed by atoms with Crippen LogP contribution in [-0.2, 0) is 7.05 Å². The van der Waals surface area contributed by atoms with E-state index in [1.54, 1.807) is 17.1 Å². The van der Waals surface area contributed by atoms with Crippen molar-refractivity contribution in [2.45, 2.75) is 50.6 Å². The van der Waals surface area contributed by atoms with Gasteiger partial charge < -0.3 is 10.6 Å². The van der Waals surface area contributed by atoms with Crippen LogP contribution >= 0.6 is 0 Å². The van der Waals surface area contributed by atoms with E-state index in [9.17, 15) is 9.59 Å². The molecule has 5 aromatic heterocycles.